The molecule has 9 heteroatoms. The van der Waals surface area contributed by atoms with Crippen LogP contribution < -0.4 is 15.2 Å². The molecule has 9 nitrogen and oxygen atoms in total. The largest absolute Gasteiger partial charge is 0.476 e. The molecule has 4 aromatic rings. The lowest BCUT2D eigenvalue weighted by Gasteiger charge is -2.34. The standard InChI is InChI=1S/C27H33N7O2/c1-20-23-24(21(2)34(20)22-10-5-4-6-11-22)26(35)31(3)30-25(23)36-19-8-7-14-32-15-17-33(18-16-32)27-28-12-9-13-29-27/h4-6,9-13H,7-8,14-19H2,1-3H3. The van der Waals surface area contributed by atoms with E-state index in [0.717, 1.165) is 74.0 Å². The van der Waals surface area contributed by atoms with Gasteiger partial charge in [0.25, 0.3) is 5.56 Å². The normalized spacial score (nSPS) is 14.5. The third-order valence-electron chi connectivity index (χ3n) is 6.94. The number of para-hydroxylation sites is 1. The average Bonchev–Trinajstić information content (AvgIpc) is 3.18. The summed E-state index contributed by atoms with van der Waals surface area (Å²) >= 11 is 0. The number of benzene rings is 1. The van der Waals surface area contributed by atoms with Crippen LogP contribution in [0.15, 0.2) is 53.6 Å². The van der Waals surface area contributed by atoms with Gasteiger partial charge in [-0.05, 0) is 51.4 Å². The monoisotopic (exact) mass is 487 g/mol. The van der Waals surface area contributed by atoms with Gasteiger partial charge in [0.1, 0.15) is 0 Å². The molecule has 1 aliphatic heterocycles. The van der Waals surface area contributed by atoms with Gasteiger partial charge in [-0.3, -0.25) is 9.69 Å². The molecule has 1 aromatic carbocycles. The summed E-state index contributed by atoms with van der Waals surface area (Å²) in [6.45, 7) is 9.50. The Morgan fingerprint density at radius 1 is 0.889 bits per heavy atom. The van der Waals surface area contributed by atoms with Gasteiger partial charge in [0.05, 0.1) is 17.4 Å². The zero-order chi connectivity index (χ0) is 25.1. The highest BCUT2D eigenvalue weighted by molar-refractivity contribution is 5.92. The second kappa shape index (κ2) is 10.5. The molecule has 0 saturated carbocycles. The molecular formula is C27H33N7O2. The molecule has 0 spiro atoms. The number of aromatic nitrogens is 5. The van der Waals surface area contributed by atoms with Crippen LogP contribution in [0, 0.1) is 13.8 Å². The van der Waals surface area contributed by atoms with Crippen molar-refractivity contribution in [3.8, 4) is 11.6 Å². The van der Waals surface area contributed by atoms with E-state index in [9.17, 15) is 4.79 Å². The summed E-state index contributed by atoms with van der Waals surface area (Å²) in [5.74, 6) is 1.34. The topological polar surface area (TPSA) is 81.3 Å². The molecule has 0 unspecified atom stereocenters. The highest BCUT2D eigenvalue weighted by atomic mass is 16.5. The van der Waals surface area contributed by atoms with E-state index in [1.165, 1.54) is 4.68 Å². The van der Waals surface area contributed by atoms with Crippen LogP contribution in [0.25, 0.3) is 16.5 Å². The molecule has 1 aliphatic rings. The van der Waals surface area contributed by atoms with Gasteiger partial charge in [-0.15, -0.1) is 5.10 Å². The second-order valence-corrected chi connectivity index (χ2v) is 9.26. The number of nitrogens with zero attached hydrogens (tertiary/aromatic N) is 7. The van der Waals surface area contributed by atoms with E-state index in [2.05, 4.69) is 29.4 Å². The highest BCUT2D eigenvalue weighted by Gasteiger charge is 2.22. The van der Waals surface area contributed by atoms with E-state index in [4.69, 9.17) is 4.74 Å². The fourth-order valence-corrected chi connectivity index (χ4v) is 5.05. The van der Waals surface area contributed by atoms with E-state index in [1.807, 2.05) is 50.2 Å². The minimum absolute atomic E-state index is 0.104. The number of anilines is 1. The lowest BCUT2D eigenvalue weighted by molar-refractivity contribution is 0.235. The first kappa shape index (κ1) is 24.0. The van der Waals surface area contributed by atoms with Crippen molar-refractivity contribution >= 4 is 16.7 Å². The Bertz CT molecular complexity index is 1370. The first-order valence-corrected chi connectivity index (χ1v) is 12.6. The minimum atomic E-state index is -0.104. The fourth-order valence-electron chi connectivity index (χ4n) is 5.05. The number of piperazine rings is 1. The molecule has 0 radical (unpaired) electrons. The molecule has 0 aliphatic carbocycles. The zero-order valence-electron chi connectivity index (χ0n) is 21.2. The van der Waals surface area contributed by atoms with Crippen LogP contribution in [-0.2, 0) is 7.05 Å². The molecule has 0 amide bonds. The Balaban J connectivity index is 1.21. The fraction of sp³-hybridized carbons (Fsp3) is 0.407. The Morgan fingerprint density at radius 3 is 2.31 bits per heavy atom. The maximum atomic E-state index is 13.0. The lowest BCUT2D eigenvalue weighted by atomic mass is 10.2. The van der Waals surface area contributed by atoms with E-state index in [-0.39, 0.29) is 5.56 Å². The van der Waals surface area contributed by atoms with Gasteiger partial charge in [0, 0.05) is 62.7 Å². The summed E-state index contributed by atoms with van der Waals surface area (Å²) in [5, 5.41) is 5.95. The molecule has 0 atom stereocenters. The van der Waals surface area contributed by atoms with Crippen LogP contribution in [0.5, 0.6) is 5.88 Å². The number of ether oxygens (including phenoxy) is 1. The van der Waals surface area contributed by atoms with E-state index in [0.29, 0.717) is 17.9 Å². The first-order chi connectivity index (χ1) is 17.5. The van der Waals surface area contributed by atoms with E-state index in [1.54, 1.807) is 19.4 Å². The van der Waals surface area contributed by atoms with Gasteiger partial charge in [0.15, 0.2) is 0 Å². The highest BCUT2D eigenvalue weighted by Crippen LogP contribution is 2.31. The number of hydrogen-bond acceptors (Lipinski definition) is 7. The summed E-state index contributed by atoms with van der Waals surface area (Å²) in [7, 11) is 1.68. The molecule has 0 N–H and O–H groups in total. The van der Waals surface area contributed by atoms with Crippen molar-refractivity contribution in [2.75, 3.05) is 44.2 Å². The van der Waals surface area contributed by atoms with Crippen molar-refractivity contribution in [1.82, 2.24) is 29.2 Å². The van der Waals surface area contributed by atoms with Gasteiger partial charge >= 0.3 is 0 Å². The summed E-state index contributed by atoms with van der Waals surface area (Å²) in [6.07, 6.45) is 5.55. The van der Waals surface area contributed by atoms with E-state index < -0.39 is 0 Å². The van der Waals surface area contributed by atoms with Crippen LogP contribution in [-0.4, -0.2) is 68.5 Å². The number of rotatable bonds is 8. The summed E-state index contributed by atoms with van der Waals surface area (Å²) in [6, 6.07) is 11.9. The SMILES string of the molecule is Cc1c2c(OCCCCN3CCN(c4ncccn4)CC3)nn(C)c(=O)c2c(C)n1-c1ccccc1. The Labute approximate surface area is 211 Å². The molecule has 3 aromatic heterocycles. The lowest BCUT2D eigenvalue weighted by Crippen LogP contribution is -2.47. The summed E-state index contributed by atoms with van der Waals surface area (Å²) in [5.41, 5.74) is 2.79. The number of unbranched alkanes of at least 4 members (excludes halogenated alkanes) is 1. The predicted molar refractivity (Wildman–Crippen MR) is 141 cm³/mol. The molecule has 36 heavy (non-hydrogen) atoms. The molecule has 1 saturated heterocycles. The second-order valence-electron chi connectivity index (χ2n) is 9.26. The molecule has 0 bridgehead atoms. The van der Waals surface area contributed by atoms with Crippen LogP contribution in [0.2, 0.25) is 0 Å². The number of fused-ring (bicyclic) bond motifs is 1. The Morgan fingerprint density at radius 2 is 1.58 bits per heavy atom. The number of aryl methyl sites for hydroxylation is 3. The summed E-state index contributed by atoms with van der Waals surface area (Å²) < 4.78 is 9.67. The van der Waals surface area contributed by atoms with Gasteiger partial charge in [0.2, 0.25) is 11.8 Å². The minimum Gasteiger partial charge on any atom is -0.476 e. The third kappa shape index (κ3) is 4.70. The molecular weight excluding hydrogens is 454 g/mol. The van der Waals surface area contributed by atoms with Crippen molar-refractivity contribution in [1.29, 1.82) is 0 Å². The van der Waals surface area contributed by atoms with E-state index >= 15 is 0 Å². The van der Waals surface area contributed by atoms with Crippen LogP contribution in [0.3, 0.4) is 0 Å². The van der Waals surface area contributed by atoms with Gasteiger partial charge in [-0.25, -0.2) is 14.6 Å². The molecule has 5 rings (SSSR count). The van der Waals surface area contributed by atoms with Crippen molar-refractivity contribution in [3.05, 3.63) is 70.5 Å². The maximum Gasteiger partial charge on any atom is 0.276 e. The van der Waals surface area contributed by atoms with Crippen molar-refractivity contribution in [2.45, 2.75) is 26.7 Å². The predicted octanol–water partition coefficient (Wildman–Crippen LogP) is 3.11. The van der Waals surface area contributed by atoms with Gasteiger partial charge in [-0.1, -0.05) is 18.2 Å². The quantitative estimate of drug-likeness (QED) is 0.353. The molecule has 1 fully saturated rings. The average molecular weight is 488 g/mol. The van der Waals surface area contributed by atoms with Gasteiger partial charge in [-0.2, -0.15) is 0 Å². The molecule has 188 valence electrons. The maximum absolute atomic E-state index is 13.0. The van der Waals surface area contributed by atoms with Crippen molar-refractivity contribution in [3.63, 3.8) is 0 Å². The van der Waals surface area contributed by atoms with Gasteiger partial charge < -0.3 is 14.2 Å². The smallest absolute Gasteiger partial charge is 0.276 e. The van der Waals surface area contributed by atoms with Crippen molar-refractivity contribution in [2.24, 2.45) is 7.05 Å². The van der Waals surface area contributed by atoms with Crippen LogP contribution in [0.4, 0.5) is 5.95 Å². The first-order valence-electron chi connectivity index (χ1n) is 12.6. The Kier molecular flexibility index (Phi) is 6.99. The Hall–Kier alpha value is -3.72. The third-order valence-corrected chi connectivity index (χ3v) is 6.94. The summed E-state index contributed by atoms with van der Waals surface area (Å²) in [4.78, 5) is 26.4. The molecule has 4 heterocycles. The number of hydrogen-bond donors (Lipinski definition) is 0. The zero-order valence-corrected chi connectivity index (χ0v) is 21.2. The van der Waals surface area contributed by atoms with Crippen LogP contribution in [0.1, 0.15) is 24.2 Å². The van der Waals surface area contributed by atoms with Crippen LogP contribution >= 0.6 is 0 Å². The van der Waals surface area contributed by atoms with Crippen molar-refractivity contribution < 1.29 is 4.74 Å².